The van der Waals surface area contributed by atoms with Gasteiger partial charge in [0.15, 0.2) is 30.2 Å². The Kier molecular flexibility index (Phi) is 9.21. The first-order chi connectivity index (χ1) is 17.9. The number of carbonyl (C=O) groups is 3. The summed E-state index contributed by atoms with van der Waals surface area (Å²) in [7, 11) is 1.43. The van der Waals surface area contributed by atoms with Gasteiger partial charge in [-0.05, 0) is 56.9 Å². The highest BCUT2D eigenvalue weighted by atomic mass is 16.7. The SMILES string of the molecule is C=CCCC(=O)N1c2cc(OCC(=O)O)c(OC)cc2C(=O)CCC2CCC[C@H]2C1OC1CCCCO1. The number of carbonyl (C=O) groups excluding carboxylic acids is 2. The molecule has 37 heavy (non-hydrogen) atoms. The molecule has 1 saturated carbocycles. The van der Waals surface area contributed by atoms with Crippen LogP contribution in [0.1, 0.15) is 74.6 Å². The van der Waals surface area contributed by atoms with Crippen LogP contribution in [-0.2, 0) is 19.1 Å². The van der Waals surface area contributed by atoms with Crippen LogP contribution in [0.15, 0.2) is 24.8 Å². The average Bonchev–Trinajstić information content (AvgIpc) is 3.38. The van der Waals surface area contributed by atoms with Crippen molar-refractivity contribution in [2.24, 2.45) is 11.8 Å². The number of ether oxygens (including phenoxy) is 4. The van der Waals surface area contributed by atoms with Gasteiger partial charge < -0.3 is 24.1 Å². The second-order valence-corrected chi connectivity index (χ2v) is 9.93. The normalized spacial score (nSPS) is 25.8. The van der Waals surface area contributed by atoms with Gasteiger partial charge in [-0.1, -0.05) is 12.5 Å². The van der Waals surface area contributed by atoms with Gasteiger partial charge >= 0.3 is 5.97 Å². The largest absolute Gasteiger partial charge is 0.493 e. The molecule has 0 spiro atoms. The molecule has 1 aromatic carbocycles. The Morgan fingerprint density at radius 1 is 1.16 bits per heavy atom. The summed E-state index contributed by atoms with van der Waals surface area (Å²) in [5.74, 6) is -0.776. The fourth-order valence-electron chi connectivity index (χ4n) is 5.72. The molecule has 2 heterocycles. The Hall–Kier alpha value is -2.91. The Morgan fingerprint density at radius 3 is 2.70 bits per heavy atom. The molecule has 2 aliphatic heterocycles. The number of benzene rings is 1. The highest BCUT2D eigenvalue weighted by Gasteiger charge is 2.43. The summed E-state index contributed by atoms with van der Waals surface area (Å²) in [6.45, 7) is 3.78. The Bertz CT molecular complexity index is 1000. The third-order valence-electron chi connectivity index (χ3n) is 7.53. The van der Waals surface area contributed by atoms with Gasteiger partial charge in [0, 0.05) is 37.0 Å². The van der Waals surface area contributed by atoms with E-state index in [4.69, 9.17) is 18.9 Å². The van der Waals surface area contributed by atoms with Crippen LogP contribution in [0.2, 0.25) is 0 Å². The van der Waals surface area contributed by atoms with Gasteiger partial charge in [0.2, 0.25) is 5.91 Å². The number of ketones is 1. The molecule has 9 heteroatoms. The van der Waals surface area contributed by atoms with E-state index in [1.54, 1.807) is 23.1 Å². The zero-order valence-corrected chi connectivity index (χ0v) is 21.5. The van der Waals surface area contributed by atoms with Gasteiger partial charge in [-0.25, -0.2) is 4.79 Å². The molecule has 3 aliphatic rings. The Morgan fingerprint density at radius 2 is 2.00 bits per heavy atom. The fraction of sp³-hybridized carbons (Fsp3) is 0.607. The Balaban J connectivity index is 1.85. The van der Waals surface area contributed by atoms with Crippen molar-refractivity contribution >= 4 is 23.3 Å². The molecule has 1 N–H and O–H groups in total. The van der Waals surface area contributed by atoms with Crippen molar-refractivity contribution in [3.63, 3.8) is 0 Å². The lowest BCUT2D eigenvalue weighted by molar-refractivity contribution is -0.201. The first kappa shape index (κ1) is 27.1. The van der Waals surface area contributed by atoms with Crippen LogP contribution in [0, 0.1) is 11.8 Å². The second kappa shape index (κ2) is 12.6. The third-order valence-corrected chi connectivity index (χ3v) is 7.53. The maximum atomic E-state index is 13.9. The second-order valence-electron chi connectivity index (χ2n) is 9.93. The van der Waals surface area contributed by atoms with Gasteiger partial charge in [0.25, 0.3) is 0 Å². The summed E-state index contributed by atoms with van der Waals surface area (Å²) >= 11 is 0. The van der Waals surface area contributed by atoms with Crippen molar-refractivity contribution in [1.29, 1.82) is 0 Å². The average molecular weight is 516 g/mol. The summed E-state index contributed by atoms with van der Waals surface area (Å²) in [5.41, 5.74) is 0.693. The van der Waals surface area contributed by atoms with E-state index in [0.717, 1.165) is 38.5 Å². The van der Waals surface area contributed by atoms with Crippen molar-refractivity contribution in [3.8, 4) is 11.5 Å². The predicted molar refractivity (Wildman–Crippen MR) is 136 cm³/mol. The van der Waals surface area contributed by atoms with Crippen molar-refractivity contribution < 1.29 is 38.4 Å². The molecule has 1 saturated heterocycles. The molecular weight excluding hydrogens is 478 g/mol. The number of hydrogen-bond donors (Lipinski definition) is 1. The van der Waals surface area contributed by atoms with Crippen LogP contribution < -0.4 is 14.4 Å². The zero-order valence-electron chi connectivity index (χ0n) is 21.5. The van der Waals surface area contributed by atoms with E-state index >= 15 is 0 Å². The van der Waals surface area contributed by atoms with Crippen LogP contribution in [0.25, 0.3) is 0 Å². The fourth-order valence-corrected chi connectivity index (χ4v) is 5.72. The van der Waals surface area contributed by atoms with Crippen LogP contribution in [-0.4, -0.2) is 55.6 Å². The minimum Gasteiger partial charge on any atom is -0.493 e. The van der Waals surface area contributed by atoms with Gasteiger partial charge in [-0.15, -0.1) is 6.58 Å². The quantitative estimate of drug-likeness (QED) is 0.470. The minimum atomic E-state index is -1.15. The molecule has 0 radical (unpaired) electrons. The molecule has 2 fully saturated rings. The van der Waals surface area contributed by atoms with E-state index < -0.39 is 25.1 Å². The first-order valence-corrected chi connectivity index (χ1v) is 13.2. The van der Waals surface area contributed by atoms with E-state index in [2.05, 4.69) is 6.58 Å². The van der Waals surface area contributed by atoms with Gasteiger partial charge in [-0.3, -0.25) is 14.5 Å². The number of methoxy groups -OCH3 is 1. The number of carboxylic acids is 1. The van der Waals surface area contributed by atoms with Crippen molar-refractivity contribution in [3.05, 3.63) is 30.4 Å². The lowest BCUT2D eigenvalue weighted by Crippen LogP contribution is -2.50. The van der Waals surface area contributed by atoms with Gasteiger partial charge in [-0.2, -0.15) is 0 Å². The maximum Gasteiger partial charge on any atom is 0.341 e. The first-order valence-electron chi connectivity index (χ1n) is 13.2. The van der Waals surface area contributed by atoms with Crippen LogP contribution in [0.3, 0.4) is 0 Å². The highest BCUT2D eigenvalue weighted by Crippen LogP contribution is 2.45. The Labute approximate surface area is 217 Å². The molecular formula is C28H37NO8. The summed E-state index contributed by atoms with van der Waals surface area (Å²) in [5, 5.41) is 9.17. The number of Topliss-reactive ketones (excluding diaryl/α,β-unsaturated/α-hetero) is 1. The molecule has 1 aliphatic carbocycles. The minimum absolute atomic E-state index is 0.0439. The molecule has 3 unspecified atom stereocenters. The van der Waals surface area contributed by atoms with Crippen LogP contribution in [0.5, 0.6) is 11.5 Å². The number of allylic oxidation sites excluding steroid dienone is 1. The number of aliphatic carboxylic acids is 1. The molecule has 1 aromatic rings. The van der Waals surface area contributed by atoms with Crippen molar-refractivity contribution in [2.75, 3.05) is 25.2 Å². The lowest BCUT2D eigenvalue weighted by Gasteiger charge is -2.40. The van der Waals surface area contributed by atoms with Crippen molar-refractivity contribution in [2.45, 2.75) is 76.7 Å². The standard InChI is InChI=1S/C28H37NO8/c1-3-4-10-25(31)29-21-16-24(36-17-26(32)33)23(34-2)15-20(21)22(30)13-12-18-8-7-9-19(18)28(29)37-27-11-5-6-14-35-27/h3,15-16,18-19,27-28H,1,4-14,17H2,2H3,(H,32,33)/t18?,19-,27?,28?/m1/s1. The molecule has 202 valence electrons. The molecule has 9 nitrogen and oxygen atoms in total. The zero-order chi connectivity index (χ0) is 26.4. The monoisotopic (exact) mass is 515 g/mol. The molecule has 1 amide bonds. The predicted octanol–water partition coefficient (Wildman–Crippen LogP) is 4.72. The van der Waals surface area contributed by atoms with E-state index in [9.17, 15) is 19.5 Å². The topological polar surface area (TPSA) is 112 Å². The lowest BCUT2D eigenvalue weighted by atomic mass is 9.89. The number of hydrogen-bond acceptors (Lipinski definition) is 7. The smallest absolute Gasteiger partial charge is 0.341 e. The molecule has 0 bridgehead atoms. The molecule has 4 atom stereocenters. The van der Waals surface area contributed by atoms with E-state index in [-0.39, 0.29) is 41.4 Å². The summed E-state index contributed by atoms with van der Waals surface area (Å²) in [6, 6.07) is 3.10. The summed E-state index contributed by atoms with van der Waals surface area (Å²) in [6.07, 6.45) is 7.90. The van der Waals surface area contributed by atoms with Crippen molar-refractivity contribution in [1.82, 2.24) is 0 Å². The maximum absolute atomic E-state index is 13.9. The van der Waals surface area contributed by atoms with Gasteiger partial charge in [0.1, 0.15) is 6.23 Å². The number of nitrogens with zero attached hydrogens (tertiary/aromatic N) is 1. The number of carboxylic acid groups (broad SMARTS) is 1. The summed E-state index contributed by atoms with van der Waals surface area (Å²) < 4.78 is 23.5. The molecule has 0 aromatic heterocycles. The number of amides is 1. The number of anilines is 1. The van der Waals surface area contributed by atoms with Crippen LogP contribution in [0.4, 0.5) is 5.69 Å². The van der Waals surface area contributed by atoms with E-state index in [1.807, 2.05) is 0 Å². The third kappa shape index (κ3) is 6.33. The van der Waals surface area contributed by atoms with Gasteiger partial charge in [0.05, 0.1) is 12.8 Å². The number of fused-ring (bicyclic) bond motifs is 2. The summed E-state index contributed by atoms with van der Waals surface area (Å²) in [4.78, 5) is 40.2. The highest BCUT2D eigenvalue weighted by molar-refractivity contribution is 6.07. The molecule has 4 rings (SSSR count). The van der Waals surface area contributed by atoms with E-state index in [1.165, 1.54) is 7.11 Å². The van der Waals surface area contributed by atoms with E-state index in [0.29, 0.717) is 37.1 Å². The number of rotatable bonds is 9. The van der Waals surface area contributed by atoms with Crippen LogP contribution >= 0.6 is 0 Å².